The van der Waals surface area contributed by atoms with Crippen LogP contribution in [0.3, 0.4) is 0 Å². The molecule has 1 fully saturated rings. The number of aromatic nitrogens is 2. The summed E-state index contributed by atoms with van der Waals surface area (Å²) in [6.45, 7) is 1.29. The van der Waals surface area contributed by atoms with Crippen molar-refractivity contribution >= 4 is 21.7 Å². The van der Waals surface area contributed by atoms with E-state index in [1.54, 1.807) is 23.2 Å². The Bertz CT molecular complexity index is 827. The predicted octanol–water partition coefficient (Wildman–Crippen LogP) is 1.73. The number of aromatic amines is 1. The van der Waals surface area contributed by atoms with Crippen molar-refractivity contribution in [3.63, 3.8) is 0 Å². The van der Waals surface area contributed by atoms with E-state index < -0.39 is 10.0 Å². The van der Waals surface area contributed by atoms with Gasteiger partial charge in [-0.3, -0.25) is 5.10 Å². The van der Waals surface area contributed by atoms with Crippen LogP contribution in [-0.4, -0.2) is 49.7 Å². The van der Waals surface area contributed by atoms with Gasteiger partial charge < -0.3 is 10.2 Å². The van der Waals surface area contributed by atoms with Gasteiger partial charge in [0.1, 0.15) is 0 Å². The molecule has 0 spiro atoms. The lowest BCUT2D eigenvalue weighted by Gasteiger charge is -2.31. The molecule has 1 aliphatic rings. The van der Waals surface area contributed by atoms with E-state index in [1.165, 1.54) is 19.2 Å². The lowest BCUT2D eigenvalue weighted by Crippen LogP contribution is -2.40. The second-order valence-corrected chi connectivity index (χ2v) is 7.83. The first-order valence-electron chi connectivity index (χ1n) is 8.08. The van der Waals surface area contributed by atoms with Crippen molar-refractivity contribution in [2.45, 2.75) is 23.7 Å². The van der Waals surface area contributed by atoms with Crippen LogP contribution in [0.15, 0.2) is 41.4 Å². The molecule has 0 saturated carbocycles. The maximum atomic E-state index is 12.4. The number of urea groups is 1. The number of nitrogens with zero attached hydrogens (tertiary/aromatic N) is 2. The molecule has 2 amide bonds. The number of rotatable bonds is 4. The molecule has 1 saturated heterocycles. The largest absolute Gasteiger partial charge is 0.324 e. The Hall–Kier alpha value is -2.39. The van der Waals surface area contributed by atoms with Gasteiger partial charge >= 0.3 is 6.03 Å². The summed E-state index contributed by atoms with van der Waals surface area (Å²) in [5.41, 5.74) is 1.56. The van der Waals surface area contributed by atoms with E-state index >= 15 is 0 Å². The lowest BCUT2D eigenvalue weighted by molar-refractivity contribution is 0.194. The number of carbonyl (C=O) groups is 1. The maximum Gasteiger partial charge on any atom is 0.321 e. The van der Waals surface area contributed by atoms with Crippen molar-refractivity contribution < 1.29 is 13.2 Å². The highest BCUT2D eigenvalue weighted by Gasteiger charge is 2.24. The molecule has 25 heavy (non-hydrogen) atoms. The monoisotopic (exact) mass is 363 g/mol. The van der Waals surface area contributed by atoms with Crippen LogP contribution in [-0.2, 0) is 10.0 Å². The first-order chi connectivity index (χ1) is 12.0. The van der Waals surface area contributed by atoms with E-state index in [4.69, 9.17) is 0 Å². The molecule has 1 aromatic heterocycles. The molecular formula is C16H21N5O3S. The Labute approximate surface area is 146 Å². The van der Waals surface area contributed by atoms with Crippen LogP contribution in [0.1, 0.15) is 24.5 Å². The number of sulfonamides is 1. The number of hydrogen-bond donors (Lipinski definition) is 3. The third-order valence-electron chi connectivity index (χ3n) is 4.41. The highest BCUT2D eigenvalue weighted by Crippen LogP contribution is 2.26. The van der Waals surface area contributed by atoms with Gasteiger partial charge in [0.25, 0.3) is 0 Å². The van der Waals surface area contributed by atoms with Gasteiger partial charge in [-0.25, -0.2) is 17.9 Å². The van der Waals surface area contributed by atoms with Gasteiger partial charge in [-0.1, -0.05) is 6.07 Å². The fourth-order valence-electron chi connectivity index (χ4n) is 2.95. The number of anilines is 1. The first-order valence-corrected chi connectivity index (χ1v) is 9.57. The Morgan fingerprint density at radius 1 is 1.28 bits per heavy atom. The average Bonchev–Trinajstić information content (AvgIpc) is 3.17. The van der Waals surface area contributed by atoms with E-state index in [0.29, 0.717) is 24.7 Å². The molecule has 9 heteroatoms. The molecule has 1 aliphatic heterocycles. The SMILES string of the molecule is CNS(=O)(=O)c1cccc(NC(=O)N2CCC(c3ccn[nH]3)CC2)c1. The summed E-state index contributed by atoms with van der Waals surface area (Å²) in [4.78, 5) is 14.3. The Balaban J connectivity index is 1.61. The summed E-state index contributed by atoms with van der Waals surface area (Å²) in [7, 11) is -2.19. The van der Waals surface area contributed by atoms with Crippen molar-refractivity contribution in [1.29, 1.82) is 0 Å². The summed E-state index contributed by atoms with van der Waals surface area (Å²) in [5.74, 6) is 0.385. The molecule has 0 bridgehead atoms. The number of amides is 2. The number of hydrogen-bond acceptors (Lipinski definition) is 4. The van der Waals surface area contributed by atoms with Crippen molar-refractivity contribution in [1.82, 2.24) is 19.8 Å². The Morgan fingerprint density at radius 2 is 2.04 bits per heavy atom. The minimum atomic E-state index is -3.54. The molecule has 134 valence electrons. The predicted molar refractivity (Wildman–Crippen MR) is 93.8 cm³/mol. The normalized spacial score (nSPS) is 16.0. The minimum Gasteiger partial charge on any atom is -0.324 e. The number of carbonyl (C=O) groups excluding carboxylic acids is 1. The molecule has 3 N–H and O–H groups in total. The number of nitrogens with one attached hydrogen (secondary N) is 3. The zero-order valence-electron chi connectivity index (χ0n) is 13.9. The summed E-state index contributed by atoms with van der Waals surface area (Å²) >= 11 is 0. The van der Waals surface area contributed by atoms with E-state index in [9.17, 15) is 13.2 Å². The van der Waals surface area contributed by atoms with Crippen LogP contribution in [0.5, 0.6) is 0 Å². The lowest BCUT2D eigenvalue weighted by atomic mass is 9.94. The van der Waals surface area contributed by atoms with Crippen LogP contribution in [0.25, 0.3) is 0 Å². The van der Waals surface area contributed by atoms with Gasteiger partial charge in [-0.15, -0.1) is 0 Å². The highest BCUT2D eigenvalue weighted by molar-refractivity contribution is 7.89. The quantitative estimate of drug-likeness (QED) is 0.769. The van der Waals surface area contributed by atoms with Gasteiger partial charge in [0.15, 0.2) is 0 Å². The number of likely N-dealkylation sites (tertiary alicyclic amines) is 1. The number of H-pyrrole nitrogens is 1. The van der Waals surface area contributed by atoms with Gasteiger partial charge in [0.2, 0.25) is 10.0 Å². The average molecular weight is 363 g/mol. The third-order valence-corrected chi connectivity index (χ3v) is 5.82. The van der Waals surface area contributed by atoms with Gasteiger partial charge in [0.05, 0.1) is 4.90 Å². The van der Waals surface area contributed by atoms with E-state index in [0.717, 1.165) is 18.5 Å². The van der Waals surface area contributed by atoms with Crippen LogP contribution in [0.2, 0.25) is 0 Å². The highest BCUT2D eigenvalue weighted by atomic mass is 32.2. The van der Waals surface area contributed by atoms with Gasteiger partial charge in [-0.05, 0) is 44.2 Å². The van der Waals surface area contributed by atoms with E-state index in [1.807, 2.05) is 6.07 Å². The summed E-state index contributed by atoms with van der Waals surface area (Å²) < 4.78 is 26.0. The van der Waals surface area contributed by atoms with Crippen LogP contribution >= 0.6 is 0 Å². The zero-order chi connectivity index (χ0) is 17.9. The molecule has 0 atom stereocenters. The molecule has 0 aliphatic carbocycles. The van der Waals surface area contributed by atoms with E-state index in [-0.39, 0.29) is 10.9 Å². The van der Waals surface area contributed by atoms with Crippen LogP contribution in [0, 0.1) is 0 Å². The number of benzene rings is 1. The van der Waals surface area contributed by atoms with Crippen molar-refractivity contribution in [2.24, 2.45) is 0 Å². The maximum absolute atomic E-state index is 12.4. The molecule has 0 unspecified atom stereocenters. The molecule has 8 nitrogen and oxygen atoms in total. The molecule has 0 radical (unpaired) electrons. The summed E-state index contributed by atoms with van der Waals surface area (Å²) in [5, 5.41) is 9.73. The van der Waals surface area contributed by atoms with Crippen molar-refractivity contribution in [2.75, 3.05) is 25.5 Å². The smallest absolute Gasteiger partial charge is 0.321 e. The van der Waals surface area contributed by atoms with Crippen LogP contribution in [0.4, 0.5) is 10.5 Å². The van der Waals surface area contributed by atoms with E-state index in [2.05, 4.69) is 20.2 Å². The summed E-state index contributed by atoms with van der Waals surface area (Å²) in [6, 6.07) is 7.95. The minimum absolute atomic E-state index is 0.116. The molecule has 2 heterocycles. The van der Waals surface area contributed by atoms with Gasteiger partial charge in [0, 0.05) is 36.6 Å². The standard InChI is InChI=1S/C16H21N5O3S/c1-17-25(23,24)14-4-2-3-13(11-14)19-16(22)21-9-6-12(7-10-21)15-5-8-18-20-15/h2-5,8,11-12,17H,6-7,9-10H2,1H3,(H,18,20)(H,19,22). The second-order valence-electron chi connectivity index (χ2n) is 5.94. The third kappa shape index (κ3) is 3.99. The van der Waals surface area contributed by atoms with Crippen molar-refractivity contribution in [3.8, 4) is 0 Å². The Morgan fingerprint density at radius 3 is 2.68 bits per heavy atom. The summed E-state index contributed by atoms with van der Waals surface area (Å²) in [6.07, 6.45) is 3.47. The number of piperidine rings is 1. The van der Waals surface area contributed by atoms with Gasteiger partial charge in [-0.2, -0.15) is 5.10 Å². The molecule has 1 aromatic carbocycles. The fourth-order valence-corrected chi connectivity index (χ4v) is 3.72. The first kappa shape index (κ1) is 17.4. The van der Waals surface area contributed by atoms with Crippen molar-refractivity contribution in [3.05, 3.63) is 42.2 Å². The zero-order valence-corrected chi connectivity index (χ0v) is 14.7. The molecule has 2 aromatic rings. The molecule has 3 rings (SSSR count). The van der Waals surface area contributed by atoms with Crippen LogP contribution < -0.4 is 10.0 Å². The topological polar surface area (TPSA) is 107 Å². The second kappa shape index (κ2) is 7.24. The fraction of sp³-hybridized carbons (Fsp3) is 0.375. The Kier molecular flexibility index (Phi) is 5.05. The molecular weight excluding hydrogens is 342 g/mol.